The molecule has 4 rings (SSSR count). The molecule has 4 amide bonds. The number of thiazole rings is 1. The van der Waals surface area contributed by atoms with E-state index in [0.717, 1.165) is 16.7 Å². The molecule has 0 radical (unpaired) electrons. The van der Waals surface area contributed by atoms with Crippen molar-refractivity contribution in [3.8, 4) is 0 Å². The second-order valence-electron chi connectivity index (χ2n) is 10.3. The summed E-state index contributed by atoms with van der Waals surface area (Å²) >= 11 is 1.21. The Hall–Kier alpha value is -4.15. The molecule has 0 spiro atoms. The second-order valence-corrected chi connectivity index (χ2v) is 13.0. The number of sulfonamides is 1. The summed E-state index contributed by atoms with van der Waals surface area (Å²) in [7, 11) is -3.66. The van der Waals surface area contributed by atoms with Gasteiger partial charge in [-0.25, -0.2) is 23.1 Å². The van der Waals surface area contributed by atoms with E-state index in [9.17, 15) is 27.6 Å². The van der Waals surface area contributed by atoms with Gasteiger partial charge in [-0.1, -0.05) is 44.2 Å². The Morgan fingerprint density at radius 2 is 1.86 bits per heavy atom. The number of nitrogens with zero attached hydrogens (tertiary/aromatic N) is 3. The van der Waals surface area contributed by atoms with Gasteiger partial charge in [0.15, 0.2) is 5.69 Å². The zero-order valence-electron chi connectivity index (χ0n) is 23.8. The van der Waals surface area contributed by atoms with Crippen LogP contribution in [0.4, 0.5) is 0 Å². The summed E-state index contributed by atoms with van der Waals surface area (Å²) < 4.78 is 30.8. The number of rotatable bonds is 6. The lowest BCUT2D eigenvalue weighted by molar-refractivity contribution is -0.135. The number of amides is 4. The van der Waals surface area contributed by atoms with Gasteiger partial charge in [-0.15, -0.1) is 11.3 Å². The summed E-state index contributed by atoms with van der Waals surface area (Å²) in [5.41, 5.74) is 0.983. The van der Waals surface area contributed by atoms with Gasteiger partial charge in [-0.3, -0.25) is 19.2 Å². The van der Waals surface area contributed by atoms with E-state index in [-0.39, 0.29) is 36.3 Å². The van der Waals surface area contributed by atoms with Crippen LogP contribution >= 0.6 is 11.3 Å². The lowest BCUT2D eigenvalue weighted by atomic mass is 10.0. The zero-order valence-corrected chi connectivity index (χ0v) is 25.5. The SMILES string of the molecule is CC(C)[C@@H]1NC(=O)CN(C(=O)CNS(C)(=O)=O)CCNC(=O)c2coc(n2)[C@H](Cc2ccccc2)NC(=O)c2csc1n2. The first-order chi connectivity index (χ1) is 20.4. The molecule has 2 atom stereocenters. The van der Waals surface area contributed by atoms with Gasteiger partial charge >= 0.3 is 0 Å². The first-order valence-corrected chi connectivity index (χ1v) is 16.2. The molecule has 230 valence electrons. The lowest BCUT2D eigenvalue weighted by Crippen LogP contribution is -2.48. The number of benzene rings is 1. The van der Waals surface area contributed by atoms with Crippen LogP contribution in [0.15, 0.2) is 46.4 Å². The monoisotopic (exact) mass is 631 g/mol. The molecule has 0 saturated carbocycles. The van der Waals surface area contributed by atoms with Gasteiger partial charge in [0.25, 0.3) is 11.8 Å². The number of carbonyl (C=O) groups is 4. The highest BCUT2D eigenvalue weighted by molar-refractivity contribution is 7.88. The minimum absolute atomic E-state index is 0.0477. The third-order valence-electron chi connectivity index (χ3n) is 6.48. The molecule has 1 aromatic carbocycles. The van der Waals surface area contributed by atoms with Gasteiger partial charge < -0.3 is 25.3 Å². The van der Waals surface area contributed by atoms with Crippen LogP contribution in [0.5, 0.6) is 0 Å². The van der Waals surface area contributed by atoms with Crippen LogP contribution in [-0.4, -0.2) is 79.3 Å². The Kier molecular flexibility index (Phi) is 10.3. The fourth-order valence-electron chi connectivity index (χ4n) is 4.27. The molecule has 2 aromatic heterocycles. The number of hydrogen-bond acceptors (Lipinski definition) is 10. The summed E-state index contributed by atoms with van der Waals surface area (Å²) in [6.45, 7) is 2.64. The fraction of sp³-hybridized carbons (Fsp3) is 0.407. The number of hydrogen-bond donors (Lipinski definition) is 4. The van der Waals surface area contributed by atoms with Crippen LogP contribution < -0.4 is 20.7 Å². The number of fused-ring (bicyclic) bond motifs is 4. The molecule has 4 N–H and O–H groups in total. The van der Waals surface area contributed by atoms with Gasteiger partial charge in [0.1, 0.15) is 23.0 Å². The summed E-state index contributed by atoms with van der Waals surface area (Å²) in [4.78, 5) is 62.1. The number of aromatic nitrogens is 2. The topological polar surface area (TPSA) is 193 Å². The van der Waals surface area contributed by atoms with Crippen LogP contribution in [0, 0.1) is 5.92 Å². The van der Waals surface area contributed by atoms with Crippen molar-refractivity contribution in [2.75, 3.05) is 32.4 Å². The number of carbonyl (C=O) groups excluding carboxylic acids is 4. The van der Waals surface area contributed by atoms with Crippen LogP contribution in [-0.2, 0) is 26.0 Å². The molecule has 1 aliphatic rings. The van der Waals surface area contributed by atoms with E-state index < -0.39 is 58.8 Å². The maximum Gasteiger partial charge on any atom is 0.273 e. The van der Waals surface area contributed by atoms with Gasteiger partial charge in [-0.2, -0.15) is 0 Å². The van der Waals surface area contributed by atoms with Crippen molar-refractivity contribution < 1.29 is 32.0 Å². The van der Waals surface area contributed by atoms with Crippen molar-refractivity contribution >= 4 is 45.0 Å². The lowest BCUT2D eigenvalue weighted by Gasteiger charge is -2.25. The quantitative estimate of drug-likeness (QED) is 0.304. The van der Waals surface area contributed by atoms with Crippen LogP contribution in [0.3, 0.4) is 0 Å². The van der Waals surface area contributed by atoms with Gasteiger partial charge in [0, 0.05) is 24.9 Å². The standard InChI is InChI=1S/C27H33N7O7S2/c1-16(2)23-27-32-20(15-42-27)25(38)30-18(11-17-7-5-4-6-8-17)26-31-19(14-41-26)24(37)28-9-10-34(13-21(35)33-23)22(36)12-29-43(3,39)40/h4-8,14-16,18,23,29H,9-13H2,1-3H3,(H,28,37)(H,30,38)(H,33,35)/t18-,23-/m0/s1. The van der Waals surface area contributed by atoms with Gasteiger partial charge in [0.2, 0.25) is 27.7 Å². The Morgan fingerprint density at radius 3 is 2.56 bits per heavy atom. The third kappa shape index (κ3) is 8.92. The molecule has 0 aliphatic carbocycles. The Balaban J connectivity index is 1.65. The molecule has 14 nitrogen and oxygen atoms in total. The summed E-state index contributed by atoms with van der Waals surface area (Å²) in [6, 6.07) is 8.09. The van der Waals surface area contributed by atoms with Crippen LogP contribution in [0.1, 0.15) is 63.4 Å². The predicted molar refractivity (Wildman–Crippen MR) is 156 cm³/mol. The highest BCUT2D eigenvalue weighted by Crippen LogP contribution is 2.26. The highest BCUT2D eigenvalue weighted by Gasteiger charge is 2.28. The summed E-state index contributed by atoms with van der Waals surface area (Å²) in [5.74, 6) is -2.28. The maximum atomic E-state index is 13.3. The first kappa shape index (κ1) is 31.8. The van der Waals surface area contributed by atoms with E-state index in [1.54, 1.807) is 5.38 Å². The van der Waals surface area contributed by atoms with Crippen molar-refractivity contribution in [3.05, 3.63) is 69.8 Å². The second kappa shape index (κ2) is 13.9. The van der Waals surface area contributed by atoms with Crippen molar-refractivity contribution in [3.63, 3.8) is 0 Å². The average molecular weight is 632 g/mol. The van der Waals surface area contributed by atoms with E-state index in [1.807, 2.05) is 44.2 Å². The van der Waals surface area contributed by atoms with Crippen molar-refractivity contribution in [2.45, 2.75) is 32.4 Å². The average Bonchev–Trinajstić information content (AvgIpc) is 3.64. The minimum atomic E-state index is -3.66. The van der Waals surface area contributed by atoms with Crippen molar-refractivity contribution in [1.29, 1.82) is 0 Å². The number of oxazole rings is 1. The molecule has 16 heteroatoms. The smallest absolute Gasteiger partial charge is 0.273 e. The molecular formula is C27H33N7O7S2. The molecule has 43 heavy (non-hydrogen) atoms. The predicted octanol–water partition coefficient (Wildman–Crippen LogP) is 0.779. The third-order valence-corrected chi connectivity index (χ3v) is 8.08. The van der Waals surface area contributed by atoms with Gasteiger partial charge in [0.05, 0.1) is 25.4 Å². The molecular weight excluding hydrogens is 598 g/mol. The van der Waals surface area contributed by atoms with E-state index in [4.69, 9.17) is 4.42 Å². The van der Waals surface area contributed by atoms with Crippen LogP contribution in [0.2, 0.25) is 0 Å². The zero-order chi connectivity index (χ0) is 31.1. The Labute approximate surface area is 252 Å². The van der Waals surface area contributed by atoms with E-state index in [0.29, 0.717) is 11.4 Å². The van der Waals surface area contributed by atoms with Crippen LogP contribution in [0.25, 0.3) is 0 Å². The van der Waals surface area contributed by atoms with Crippen molar-refractivity contribution in [2.24, 2.45) is 5.92 Å². The molecule has 0 unspecified atom stereocenters. The Morgan fingerprint density at radius 1 is 1.12 bits per heavy atom. The molecule has 0 fully saturated rings. The molecule has 3 heterocycles. The largest absolute Gasteiger partial charge is 0.446 e. The normalized spacial score (nSPS) is 18.8. The molecule has 0 saturated heterocycles. The summed E-state index contributed by atoms with van der Waals surface area (Å²) in [6.07, 6.45) is 2.41. The maximum absolute atomic E-state index is 13.3. The van der Waals surface area contributed by atoms with E-state index >= 15 is 0 Å². The van der Waals surface area contributed by atoms with Crippen molar-refractivity contribution in [1.82, 2.24) is 35.5 Å². The molecule has 3 aromatic rings. The molecule has 1 aliphatic heterocycles. The van der Waals surface area contributed by atoms with E-state index in [1.165, 1.54) is 17.6 Å². The van der Waals surface area contributed by atoms with E-state index in [2.05, 4.69) is 30.6 Å². The fourth-order valence-corrected chi connectivity index (χ4v) is 5.67. The Bertz CT molecular complexity index is 1570. The minimum Gasteiger partial charge on any atom is -0.446 e. The molecule has 4 bridgehead atoms. The first-order valence-electron chi connectivity index (χ1n) is 13.4. The highest BCUT2D eigenvalue weighted by atomic mass is 32.2. The van der Waals surface area contributed by atoms with Gasteiger partial charge in [-0.05, 0) is 11.5 Å². The summed E-state index contributed by atoms with van der Waals surface area (Å²) in [5, 5.41) is 10.5. The number of nitrogens with one attached hydrogen (secondary N) is 4.